The zero-order valence-corrected chi connectivity index (χ0v) is 11.3. The Bertz CT molecular complexity index is 467. The first kappa shape index (κ1) is 15.7. The minimum Gasteiger partial charge on any atom is -0.366 e. The molecule has 1 aliphatic heterocycles. The Morgan fingerprint density at radius 2 is 2.29 bits per heavy atom. The smallest absolute Gasteiger partial charge is 0.366 e. The molecule has 1 fully saturated rings. The first-order chi connectivity index (χ1) is 9.95. The summed E-state index contributed by atoms with van der Waals surface area (Å²) < 4.78 is 42.4. The highest BCUT2D eigenvalue weighted by Gasteiger charge is 2.43. The standard InChI is InChI=1S/C13H16F3N3O2/c14-13(15,16)11-8-19(5-6-21-11)9-12(20)18-7-10-3-1-2-4-17-10/h1-4,11H,5-9H2,(H,18,20)/t11-/m0/s1. The molecule has 2 rings (SSSR count). The lowest BCUT2D eigenvalue weighted by Crippen LogP contribution is -2.51. The van der Waals surface area contributed by atoms with E-state index in [1.165, 1.54) is 4.90 Å². The molecule has 1 atom stereocenters. The molecule has 116 valence electrons. The molecular formula is C13H16F3N3O2. The van der Waals surface area contributed by atoms with Gasteiger partial charge in [-0.1, -0.05) is 6.07 Å². The second-order valence-electron chi connectivity index (χ2n) is 4.73. The van der Waals surface area contributed by atoms with Crippen molar-refractivity contribution < 1.29 is 22.7 Å². The van der Waals surface area contributed by atoms with Gasteiger partial charge in [-0.05, 0) is 12.1 Å². The summed E-state index contributed by atoms with van der Waals surface area (Å²) in [5, 5.41) is 2.63. The van der Waals surface area contributed by atoms with Crippen molar-refractivity contribution in [2.75, 3.05) is 26.2 Å². The fourth-order valence-corrected chi connectivity index (χ4v) is 2.00. The highest BCUT2D eigenvalue weighted by Crippen LogP contribution is 2.25. The predicted molar refractivity (Wildman–Crippen MR) is 68.3 cm³/mol. The van der Waals surface area contributed by atoms with Crippen LogP contribution in [0.3, 0.4) is 0 Å². The second-order valence-corrected chi connectivity index (χ2v) is 4.73. The van der Waals surface area contributed by atoms with Crippen LogP contribution in [-0.4, -0.2) is 54.3 Å². The van der Waals surface area contributed by atoms with E-state index in [4.69, 9.17) is 0 Å². The van der Waals surface area contributed by atoms with E-state index in [1.54, 1.807) is 24.4 Å². The molecule has 21 heavy (non-hydrogen) atoms. The van der Waals surface area contributed by atoms with Crippen LogP contribution in [0.2, 0.25) is 0 Å². The second kappa shape index (κ2) is 6.86. The van der Waals surface area contributed by atoms with Crippen LogP contribution in [0.25, 0.3) is 0 Å². The molecule has 0 unspecified atom stereocenters. The summed E-state index contributed by atoms with van der Waals surface area (Å²) in [5.41, 5.74) is 0.695. The molecule has 8 heteroatoms. The summed E-state index contributed by atoms with van der Waals surface area (Å²) in [6.07, 6.45) is -4.62. The molecule has 1 aromatic heterocycles. The number of alkyl halides is 3. The average molecular weight is 303 g/mol. The molecule has 1 saturated heterocycles. The number of hydrogen-bond donors (Lipinski definition) is 1. The van der Waals surface area contributed by atoms with Crippen molar-refractivity contribution in [1.82, 2.24) is 15.2 Å². The van der Waals surface area contributed by atoms with E-state index < -0.39 is 12.3 Å². The van der Waals surface area contributed by atoms with Crippen molar-refractivity contribution >= 4 is 5.91 Å². The van der Waals surface area contributed by atoms with Gasteiger partial charge in [-0.3, -0.25) is 14.7 Å². The monoisotopic (exact) mass is 303 g/mol. The van der Waals surface area contributed by atoms with E-state index in [-0.39, 0.29) is 32.1 Å². The minimum atomic E-state index is -4.40. The van der Waals surface area contributed by atoms with Crippen LogP contribution < -0.4 is 5.32 Å². The zero-order valence-electron chi connectivity index (χ0n) is 11.3. The predicted octanol–water partition coefficient (Wildman–Crippen LogP) is 0.961. The number of morpholine rings is 1. The molecule has 0 spiro atoms. The summed E-state index contributed by atoms with van der Waals surface area (Å²) in [6, 6.07) is 5.31. The lowest BCUT2D eigenvalue weighted by Gasteiger charge is -2.33. The van der Waals surface area contributed by atoms with Gasteiger partial charge in [0.25, 0.3) is 0 Å². The van der Waals surface area contributed by atoms with Gasteiger partial charge in [0, 0.05) is 19.3 Å². The number of nitrogens with zero attached hydrogens (tertiary/aromatic N) is 2. The Kier molecular flexibility index (Phi) is 5.13. The van der Waals surface area contributed by atoms with Gasteiger partial charge in [0.2, 0.25) is 5.91 Å². The normalized spacial score (nSPS) is 20.2. The zero-order chi connectivity index (χ0) is 15.3. The largest absolute Gasteiger partial charge is 0.415 e. The van der Waals surface area contributed by atoms with E-state index in [0.717, 1.165) is 0 Å². The van der Waals surface area contributed by atoms with E-state index in [0.29, 0.717) is 12.2 Å². The number of rotatable bonds is 4. The van der Waals surface area contributed by atoms with Crippen molar-refractivity contribution in [2.24, 2.45) is 0 Å². The first-order valence-corrected chi connectivity index (χ1v) is 6.52. The highest BCUT2D eigenvalue weighted by molar-refractivity contribution is 5.77. The van der Waals surface area contributed by atoms with Gasteiger partial charge >= 0.3 is 6.18 Å². The van der Waals surface area contributed by atoms with Crippen LogP contribution in [0.4, 0.5) is 13.2 Å². The van der Waals surface area contributed by atoms with Crippen molar-refractivity contribution in [1.29, 1.82) is 0 Å². The molecule has 1 aromatic rings. The van der Waals surface area contributed by atoms with E-state index in [9.17, 15) is 18.0 Å². The van der Waals surface area contributed by atoms with Gasteiger partial charge in [-0.25, -0.2) is 0 Å². The molecule has 0 aromatic carbocycles. The molecule has 5 nitrogen and oxygen atoms in total. The molecule has 2 heterocycles. The SMILES string of the molecule is O=C(CN1CCO[C@H](C(F)(F)F)C1)NCc1ccccn1. The maximum absolute atomic E-state index is 12.6. The molecular weight excluding hydrogens is 287 g/mol. The maximum Gasteiger partial charge on any atom is 0.415 e. The summed E-state index contributed by atoms with van der Waals surface area (Å²) >= 11 is 0. The third-order valence-electron chi connectivity index (χ3n) is 3.08. The van der Waals surface area contributed by atoms with Crippen LogP contribution in [-0.2, 0) is 16.1 Å². The number of halogens is 3. The summed E-state index contributed by atoms with van der Waals surface area (Å²) in [5.74, 6) is -0.330. The van der Waals surface area contributed by atoms with Crippen molar-refractivity contribution in [3.8, 4) is 0 Å². The number of aromatic nitrogens is 1. The Balaban J connectivity index is 1.77. The Morgan fingerprint density at radius 1 is 1.48 bits per heavy atom. The Hall–Kier alpha value is -1.67. The quantitative estimate of drug-likeness (QED) is 0.900. The van der Waals surface area contributed by atoms with Crippen molar-refractivity contribution in [3.63, 3.8) is 0 Å². The first-order valence-electron chi connectivity index (χ1n) is 6.52. The number of ether oxygens (including phenoxy) is 1. The molecule has 1 aliphatic rings. The molecule has 0 radical (unpaired) electrons. The fraction of sp³-hybridized carbons (Fsp3) is 0.538. The van der Waals surface area contributed by atoms with Gasteiger partial charge in [0.05, 0.1) is 25.4 Å². The van der Waals surface area contributed by atoms with Crippen LogP contribution in [0.5, 0.6) is 0 Å². The number of hydrogen-bond acceptors (Lipinski definition) is 4. The molecule has 1 amide bonds. The van der Waals surface area contributed by atoms with Gasteiger partial charge in [-0.2, -0.15) is 13.2 Å². The van der Waals surface area contributed by atoms with Crippen LogP contribution >= 0.6 is 0 Å². The third kappa shape index (κ3) is 4.98. The summed E-state index contributed by atoms with van der Waals surface area (Å²) in [7, 11) is 0. The molecule has 0 saturated carbocycles. The van der Waals surface area contributed by atoms with Crippen molar-refractivity contribution in [3.05, 3.63) is 30.1 Å². The third-order valence-corrected chi connectivity index (χ3v) is 3.08. The number of pyridine rings is 1. The average Bonchev–Trinajstić information content (AvgIpc) is 2.46. The van der Waals surface area contributed by atoms with E-state index >= 15 is 0 Å². The van der Waals surface area contributed by atoms with Crippen LogP contribution in [0.15, 0.2) is 24.4 Å². The minimum absolute atomic E-state index is 0.0301. The van der Waals surface area contributed by atoms with Gasteiger partial charge in [0.1, 0.15) is 0 Å². The molecule has 0 bridgehead atoms. The Morgan fingerprint density at radius 3 is 2.95 bits per heavy atom. The lowest BCUT2D eigenvalue weighted by atomic mass is 10.2. The number of amides is 1. The summed E-state index contributed by atoms with van der Waals surface area (Å²) in [6.45, 7) is 0.136. The van der Waals surface area contributed by atoms with E-state index in [1.807, 2.05) is 0 Å². The number of nitrogens with one attached hydrogen (secondary N) is 1. The Labute approximate surface area is 120 Å². The molecule has 1 N–H and O–H groups in total. The van der Waals surface area contributed by atoms with Gasteiger partial charge in [0.15, 0.2) is 6.10 Å². The molecule has 0 aliphatic carbocycles. The van der Waals surface area contributed by atoms with Crippen molar-refractivity contribution in [2.45, 2.75) is 18.8 Å². The van der Waals surface area contributed by atoms with Crippen LogP contribution in [0.1, 0.15) is 5.69 Å². The topological polar surface area (TPSA) is 54.5 Å². The van der Waals surface area contributed by atoms with E-state index in [2.05, 4.69) is 15.0 Å². The number of carbonyl (C=O) groups excluding carboxylic acids is 1. The van der Waals surface area contributed by atoms with Gasteiger partial charge < -0.3 is 10.1 Å². The number of carbonyl (C=O) groups is 1. The maximum atomic E-state index is 12.6. The summed E-state index contributed by atoms with van der Waals surface area (Å²) in [4.78, 5) is 17.2. The van der Waals surface area contributed by atoms with Gasteiger partial charge in [-0.15, -0.1) is 0 Å². The highest BCUT2D eigenvalue weighted by atomic mass is 19.4. The fourth-order valence-electron chi connectivity index (χ4n) is 2.00. The van der Waals surface area contributed by atoms with Crippen LogP contribution in [0, 0.1) is 0 Å². The lowest BCUT2D eigenvalue weighted by molar-refractivity contribution is -0.237.